The molecule has 0 spiro atoms. The SMILES string of the molecule is N/C(=N/O)c1ccc(N(CCO)C2CCCCC2)cc1Br. The fourth-order valence-electron chi connectivity index (χ4n) is 2.97. The van der Waals surface area contributed by atoms with Gasteiger partial charge in [0.05, 0.1) is 6.61 Å². The Kier molecular flexibility index (Phi) is 5.87. The third-order valence-corrected chi connectivity index (χ3v) is 4.68. The number of oxime groups is 1. The number of amidine groups is 1. The second-order valence-electron chi connectivity index (χ2n) is 5.36. The summed E-state index contributed by atoms with van der Waals surface area (Å²) in [4.78, 5) is 2.26. The highest BCUT2D eigenvalue weighted by Gasteiger charge is 2.21. The lowest BCUT2D eigenvalue weighted by Crippen LogP contribution is -2.38. The molecule has 1 aliphatic rings. The first-order valence-electron chi connectivity index (χ1n) is 7.32. The van der Waals surface area contributed by atoms with E-state index in [0.717, 1.165) is 10.2 Å². The van der Waals surface area contributed by atoms with Crippen LogP contribution >= 0.6 is 15.9 Å². The predicted molar refractivity (Wildman–Crippen MR) is 88.0 cm³/mol. The summed E-state index contributed by atoms with van der Waals surface area (Å²) in [7, 11) is 0. The minimum atomic E-state index is 0.0831. The van der Waals surface area contributed by atoms with Gasteiger partial charge in [0.2, 0.25) is 0 Å². The number of rotatable bonds is 5. The smallest absolute Gasteiger partial charge is 0.171 e. The molecule has 1 fully saturated rings. The second-order valence-corrected chi connectivity index (χ2v) is 6.21. The molecule has 116 valence electrons. The highest BCUT2D eigenvalue weighted by atomic mass is 79.9. The summed E-state index contributed by atoms with van der Waals surface area (Å²) in [5, 5.41) is 21.2. The molecule has 1 aliphatic carbocycles. The summed E-state index contributed by atoms with van der Waals surface area (Å²) in [5.41, 5.74) is 7.35. The molecule has 0 aliphatic heterocycles. The third-order valence-electron chi connectivity index (χ3n) is 4.02. The first-order chi connectivity index (χ1) is 10.2. The van der Waals surface area contributed by atoms with E-state index in [1.54, 1.807) is 0 Å². The van der Waals surface area contributed by atoms with E-state index >= 15 is 0 Å². The normalized spacial score (nSPS) is 17.0. The second kappa shape index (κ2) is 7.66. The van der Waals surface area contributed by atoms with Crippen molar-refractivity contribution in [2.24, 2.45) is 10.9 Å². The van der Waals surface area contributed by atoms with Crippen molar-refractivity contribution >= 4 is 27.5 Å². The van der Waals surface area contributed by atoms with Crippen LogP contribution in [0.3, 0.4) is 0 Å². The van der Waals surface area contributed by atoms with Gasteiger partial charge in [-0.15, -0.1) is 0 Å². The van der Waals surface area contributed by atoms with E-state index in [1.807, 2.05) is 18.2 Å². The lowest BCUT2D eigenvalue weighted by atomic mass is 9.93. The molecule has 0 bridgehead atoms. The monoisotopic (exact) mass is 355 g/mol. The summed E-state index contributed by atoms with van der Waals surface area (Å²) < 4.78 is 0.786. The van der Waals surface area contributed by atoms with Crippen molar-refractivity contribution in [1.82, 2.24) is 0 Å². The molecule has 5 nitrogen and oxygen atoms in total. The summed E-state index contributed by atoms with van der Waals surface area (Å²) in [6.07, 6.45) is 6.13. The molecule has 1 aromatic carbocycles. The number of anilines is 1. The van der Waals surface area contributed by atoms with Crippen LogP contribution in [-0.4, -0.2) is 35.3 Å². The summed E-state index contributed by atoms with van der Waals surface area (Å²) in [6, 6.07) is 6.24. The molecule has 0 saturated heterocycles. The fourth-order valence-corrected chi connectivity index (χ4v) is 3.54. The average molecular weight is 356 g/mol. The molecule has 0 atom stereocenters. The lowest BCUT2D eigenvalue weighted by Gasteiger charge is -2.36. The first kappa shape index (κ1) is 16.1. The van der Waals surface area contributed by atoms with Crippen LogP contribution in [0.25, 0.3) is 0 Å². The van der Waals surface area contributed by atoms with E-state index in [1.165, 1.54) is 32.1 Å². The largest absolute Gasteiger partial charge is 0.409 e. The van der Waals surface area contributed by atoms with Crippen molar-refractivity contribution in [3.8, 4) is 0 Å². The number of hydrogen-bond donors (Lipinski definition) is 3. The zero-order valence-corrected chi connectivity index (χ0v) is 13.6. The number of aliphatic hydroxyl groups is 1. The van der Waals surface area contributed by atoms with E-state index in [-0.39, 0.29) is 12.4 Å². The third kappa shape index (κ3) is 3.89. The Hall–Kier alpha value is -1.27. The molecular formula is C15H22BrN3O2. The summed E-state index contributed by atoms with van der Waals surface area (Å²) in [6.45, 7) is 0.760. The zero-order chi connectivity index (χ0) is 15.2. The topological polar surface area (TPSA) is 82.1 Å². The Labute approximate surface area is 133 Å². The van der Waals surface area contributed by atoms with Crippen LogP contribution in [-0.2, 0) is 0 Å². The van der Waals surface area contributed by atoms with E-state index in [0.29, 0.717) is 18.2 Å². The molecule has 0 aromatic heterocycles. The van der Waals surface area contributed by atoms with Gasteiger partial charge in [-0.1, -0.05) is 24.4 Å². The van der Waals surface area contributed by atoms with Crippen LogP contribution in [0.5, 0.6) is 0 Å². The van der Waals surface area contributed by atoms with E-state index in [4.69, 9.17) is 10.9 Å². The quantitative estimate of drug-likeness (QED) is 0.328. The molecule has 2 rings (SSSR count). The van der Waals surface area contributed by atoms with Crippen molar-refractivity contribution in [2.45, 2.75) is 38.1 Å². The van der Waals surface area contributed by atoms with Crippen molar-refractivity contribution in [3.05, 3.63) is 28.2 Å². The van der Waals surface area contributed by atoms with Crippen LogP contribution in [0, 0.1) is 0 Å². The molecule has 1 saturated carbocycles. The molecular weight excluding hydrogens is 334 g/mol. The Morgan fingerprint density at radius 3 is 2.62 bits per heavy atom. The minimum Gasteiger partial charge on any atom is -0.409 e. The number of benzene rings is 1. The number of nitrogens with two attached hydrogens (primary N) is 1. The number of halogens is 1. The maximum atomic E-state index is 9.35. The van der Waals surface area contributed by atoms with Crippen molar-refractivity contribution in [1.29, 1.82) is 0 Å². The highest BCUT2D eigenvalue weighted by Crippen LogP contribution is 2.30. The van der Waals surface area contributed by atoms with Gasteiger partial charge in [-0.05, 0) is 47.0 Å². The van der Waals surface area contributed by atoms with Crippen molar-refractivity contribution in [3.63, 3.8) is 0 Å². The van der Waals surface area contributed by atoms with Crippen LogP contribution in [0.2, 0.25) is 0 Å². The molecule has 1 aromatic rings. The highest BCUT2D eigenvalue weighted by molar-refractivity contribution is 9.10. The van der Waals surface area contributed by atoms with E-state index < -0.39 is 0 Å². The molecule has 0 radical (unpaired) electrons. The van der Waals surface area contributed by atoms with Crippen LogP contribution in [0.4, 0.5) is 5.69 Å². The van der Waals surface area contributed by atoms with Gasteiger partial charge in [0, 0.05) is 28.3 Å². The Morgan fingerprint density at radius 1 is 1.33 bits per heavy atom. The minimum absolute atomic E-state index is 0.0831. The van der Waals surface area contributed by atoms with Gasteiger partial charge in [-0.25, -0.2) is 0 Å². The number of hydrogen-bond acceptors (Lipinski definition) is 4. The zero-order valence-electron chi connectivity index (χ0n) is 12.0. The Bertz CT molecular complexity index is 502. The Balaban J connectivity index is 2.25. The standard InChI is InChI=1S/C15H22BrN3O2/c16-14-10-12(6-7-13(14)15(17)18-21)19(8-9-20)11-4-2-1-3-5-11/h6-7,10-11,20-21H,1-5,8-9H2,(H2,17,18). The maximum Gasteiger partial charge on any atom is 0.171 e. The van der Waals surface area contributed by atoms with Gasteiger partial charge in [-0.2, -0.15) is 0 Å². The van der Waals surface area contributed by atoms with Crippen LogP contribution in [0.1, 0.15) is 37.7 Å². The molecule has 21 heavy (non-hydrogen) atoms. The fraction of sp³-hybridized carbons (Fsp3) is 0.533. The Morgan fingerprint density at radius 2 is 2.05 bits per heavy atom. The lowest BCUT2D eigenvalue weighted by molar-refractivity contribution is 0.290. The molecule has 0 heterocycles. The van der Waals surface area contributed by atoms with E-state index in [9.17, 15) is 5.11 Å². The predicted octanol–water partition coefficient (Wildman–Crippen LogP) is 2.68. The van der Waals surface area contributed by atoms with Gasteiger partial charge < -0.3 is 20.9 Å². The van der Waals surface area contributed by atoms with Crippen LogP contribution in [0.15, 0.2) is 27.8 Å². The molecule has 6 heteroatoms. The van der Waals surface area contributed by atoms with Gasteiger partial charge >= 0.3 is 0 Å². The van der Waals surface area contributed by atoms with Crippen molar-refractivity contribution < 1.29 is 10.3 Å². The number of nitrogens with zero attached hydrogens (tertiary/aromatic N) is 2. The van der Waals surface area contributed by atoms with Gasteiger partial charge in [0.1, 0.15) is 0 Å². The van der Waals surface area contributed by atoms with Crippen molar-refractivity contribution in [2.75, 3.05) is 18.1 Å². The number of aliphatic hydroxyl groups excluding tert-OH is 1. The molecule has 4 N–H and O–H groups in total. The van der Waals surface area contributed by atoms with Gasteiger partial charge in [-0.3, -0.25) is 0 Å². The molecule has 0 unspecified atom stereocenters. The summed E-state index contributed by atoms with van der Waals surface area (Å²) in [5.74, 6) is 0.0831. The summed E-state index contributed by atoms with van der Waals surface area (Å²) >= 11 is 3.47. The van der Waals surface area contributed by atoms with Gasteiger partial charge in [0.15, 0.2) is 5.84 Å². The van der Waals surface area contributed by atoms with E-state index in [2.05, 4.69) is 26.0 Å². The average Bonchev–Trinajstić information content (AvgIpc) is 2.52. The van der Waals surface area contributed by atoms with Crippen LogP contribution < -0.4 is 10.6 Å². The first-order valence-corrected chi connectivity index (χ1v) is 8.11. The molecule has 0 amide bonds. The maximum absolute atomic E-state index is 9.35. The van der Waals surface area contributed by atoms with Gasteiger partial charge in [0.25, 0.3) is 0 Å².